The summed E-state index contributed by atoms with van der Waals surface area (Å²) < 4.78 is 32.2. The van der Waals surface area contributed by atoms with E-state index in [1.165, 1.54) is 0 Å². The second kappa shape index (κ2) is 7.42. The summed E-state index contributed by atoms with van der Waals surface area (Å²) in [4.78, 5) is 13.9. The molecule has 2 fully saturated rings. The van der Waals surface area contributed by atoms with Crippen LogP contribution in [0.1, 0.15) is 15.9 Å². The zero-order valence-electron chi connectivity index (χ0n) is 19.6. The third-order valence-electron chi connectivity index (χ3n) is 8.48. The third-order valence-corrected chi connectivity index (χ3v) is 8.48. The number of hydrogen-bond acceptors (Lipinski definition) is 6. The monoisotopic (exact) mass is 466 g/mol. The molecule has 0 aromatic heterocycles. The Labute approximate surface area is 198 Å². The lowest BCUT2D eigenvalue weighted by Gasteiger charge is -2.43. The lowest BCUT2D eigenvalue weighted by Crippen LogP contribution is -2.59. The van der Waals surface area contributed by atoms with Crippen molar-refractivity contribution >= 4 is 17.2 Å². The van der Waals surface area contributed by atoms with Crippen LogP contribution in [0.15, 0.2) is 18.2 Å². The highest BCUT2D eigenvalue weighted by Crippen LogP contribution is 2.62. The van der Waals surface area contributed by atoms with Gasteiger partial charge in [-0.1, -0.05) is 6.07 Å². The number of methoxy groups -OCH3 is 1. The fourth-order valence-corrected chi connectivity index (χ4v) is 6.72. The molecule has 8 nitrogen and oxygen atoms in total. The molecule has 0 saturated carbocycles. The molecule has 2 saturated heterocycles. The van der Waals surface area contributed by atoms with Crippen molar-refractivity contribution in [1.82, 2.24) is 8.97 Å². The smallest absolute Gasteiger partial charge is 0.228 e. The molecule has 0 atom stereocenters. The van der Waals surface area contributed by atoms with E-state index in [0.717, 1.165) is 77.6 Å². The Morgan fingerprint density at radius 1 is 0.735 bits per heavy atom. The zero-order chi connectivity index (χ0) is 22.9. The summed E-state index contributed by atoms with van der Waals surface area (Å²) in [6, 6.07) is 6.15. The van der Waals surface area contributed by atoms with E-state index in [4.69, 9.17) is 23.7 Å². The number of nitrogens with zero attached hydrogens (tertiary/aromatic N) is 2. The lowest BCUT2D eigenvalue weighted by atomic mass is 9.96. The molecule has 0 radical (unpaired) electrons. The van der Waals surface area contributed by atoms with E-state index < -0.39 is 0 Å². The molecule has 8 heteroatoms. The third kappa shape index (κ3) is 2.59. The molecule has 6 bridgehead atoms. The van der Waals surface area contributed by atoms with E-state index in [1.54, 1.807) is 7.11 Å². The summed E-state index contributed by atoms with van der Waals surface area (Å²) in [5.41, 5.74) is 5.40. The predicted octanol–water partition coefficient (Wildman–Crippen LogP) is 2.37. The van der Waals surface area contributed by atoms with E-state index in [2.05, 4.69) is 6.07 Å². The molecule has 0 unspecified atom stereocenters. The maximum absolute atomic E-state index is 13.9. The maximum Gasteiger partial charge on any atom is 0.228 e. The summed E-state index contributed by atoms with van der Waals surface area (Å²) in [5, 5.41) is 0. The quantitative estimate of drug-likeness (QED) is 0.513. The van der Waals surface area contributed by atoms with Crippen molar-refractivity contribution in [2.45, 2.75) is 0 Å². The minimum Gasteiger partial charge on any atom is -0.490 e. The Hall–Kier alpha value is -2.65. The van der Waals surface area contributed by atoms with Gasteiger partial charge in [0.05, 0.1) is 50.2 Å². The van der Waals surface area contributed by atoms with Crippen molar-refractivity contribution in [3.63, 3.8) is 0 Å². The normalized spacial score (nSPS) is 23.4. The van der Waals surface area contributed by atoms with Crippen LogP contribution in [0.3, 0.4) is 0 Å². The first kappa shape index (κ1) is 20.7. The standard InChI is InChI=1S/C26H30N2O6/c1-30-24-20-19-17-3-2-4-18(19)27(5-11-31-12-6-27)9-15-34-26-22(24)28(7-13-32-14-8-28)10-16-33-25(26)21(20)23(17)29/h2-4H,5-16H2,1H3/q+2. The van der Waals surface area contributed by atoms with Gasteiger partial charge in [-0.25, -0.2) is 0 Å². The number of ether oxygens (including phenoxy) is 5. The van der Waals surface area contributed by atoms with Crippen molar-refractivity contribution in [3.8, 4) is 28.4 Å². The van der Waals surface area contributed by atoms with E-state index in [0.29, 0.717) is 61.2 Å². The predicted molar refractivity (Wildman–Crippen MR) is 127 cm³/mol. The van der Waals surface area contributed by atoms with Gasteiger partial charge in [-0.15, -0.1) is 0 Å². The van der Waals surface area contributed by atoms with Crippen LogP contribution in [-0.2, 0) is 9.47 Å². The number of carbonyl (C=O) groups is 1. The van der Waals surface area contributed by atoms with Crippen molar-refractivity contribution in [2.75, 3.05) is 86.0 Å². The lowest BCUT2D eigenvalue weighted by molar-refractivity contribution is 0.0330. The Morgan fingerprint density at radius 3 is 2.06 bits per heavy atom. The van der Waals surface area contributed by atoms with Crippen molar-refractivity contribution < 1.29 is 28.5 Å². The number of benzene rings is 2. The van der Waals surface area contributed by atoms with Crippen LogP contribution < -0.4 is 23.2 Å². The number of rotatable bonds is 1. The molecular weight excluding hydrogens is 436 g/mol. The summed E-state index contributed by atoms with van der Waals surface area (Å²) in [7, 11) is 1.72. The Bertz CT molecular complexity index is 1200. The molecule has 0 amide bonds. The topological polar surface area (TPSA) is 63.2 Å². The number of quaternary nitrogens is 2. The highest BCUT2D eigenvalue weighted by molar-refractivity contribution is 6.27. The Kier molecular flexibility index (Phi) is 4.52. The second-order valence-corrected chi connectivity index (χ2v) is 9.87. The van der Waals surface area contributed by atoms with Gasteiger partial charge in [0, 0.05) is 5.56 Å². The van der Waals surface area contributed by atoms with E-state index in [1.807, 2.05) is 12.1 Å². The average molecular weight is 467 g/mol. The van der Waals surface area contributed by atoms with Gasteiger partial charge in [0.15, 0.2) is 17.3 Å². The molecule has 2 aromatic carbocycles. The minimum atomic E-state index is 0.000266. The second-order valence-electron chi connectivity index (χ2n) is 9.87. The maximum atomic E-state index is 13.9. The molecule has 4 aliphatic heterocycles. The Morgan fingerprint density at radius 2 is 1.35 bits per heavy atom. The molecule has 34 heavy (non-hydrogen) atoms. The molecular formula is C26H30N2O6+2. The first-order valence-electron chi connectivity index (χ1n) is 12.3. The zero-order valence-corrected chi connectivity index (χ0v) is 19.6. The first-order valence-corrected chi connectivity index (χ1v) is 12.3. The van der Waals surface area contributed by atoms with Crippen LogP contribution in [-0.4, -0.2) is 91.8 Å². The van der Waals surface area contributed by atoms with Crippen molar-refractivity contribution in [2.24, 2.45) is 0 Å². The summed E-state index contributed by atoms with van der Waals surface area (Å²) >= 11 is 0. The number of ketones is 1. The van der Waals surface area contributed by atoms with E-state index in [9.17, 15) is 4.79 Å². The molecule has 4 heterocycles. The highest BCUT2D eigenvalue weighted by atomic mass is 16.5. The number of morpholine rings is 2. The van der Waals surface area contributed by atoms with Crippen LogP contribution in [0.25, 0.3) is 11.1 Å². The van der Waals surface area contributed by atoms with Crippen LogP contribution >= 0.6 is 0 Å². The van der Waals surface area contributed by atoms with Gasteiger partial charge in [-0.05, 0) is 12.1 Å². The summed E-state index contributed by atoms with van der Waals surface area (Å²) in [6.07, 6.45) is 0. The van der Waals surface area contributed by atoms with Gasteiger partial charge < -0.3 is 23.7 Å². The molecule has 1 aliphatic carbocycles. The number of fused-ring (bicyclic) bond motifs is 2. The van der Waals surface area contributed by atoms with E-state index in [-0.39, 0.29) is 5.78 Å². The summed E-state index contributed by atoms with van der Waals surface area (Å²) in [6.45, 7) is 8.76. The van der Waals surface area contributed by atoms with Crippen LogP contribution in [0.5, 0.6) is 17.2 Å². The van der Waals surface area contributed by atoms with Crippen LogP contribution in [0.2, 0.25) is 0 Å². The molecule has 2 aromatic rings. The molecule has 5 aliphatic rings. The molecule has 2 spiro atoms. The fraction of sp³-hybridized carbons (Fsp3) is 0.500. The van der Waals surface area contributed by atoms with Gasteiger partial charge in [-0.3, -0.25) is 13.8 Å². The van der Waals surface area contributed by atoms with Crippen molar-refractivity contribution in [1.29, 1.82) is 0 Å². The van der Waals surface area contributed by atoms with Gasteiger partial charge in [0.1, 0.15) is 58.2 Å². The van der Waals surface area contributed by atoms with Crippen LogP contribution in [0.4, 0.5) is 11.4 Å². The first-order chi connectivity index (χ1) is 16.7. The number of carbonyl (C=O) groups excluding carboxylic acids is 1. The number of hydrogen-bond donors (Lipinski definition) is 0. The SMILES string of the molecule is COc1c2c3c4c(c1[N+]1(CCOCC1)CCO4)OCC[N+]1(CCOCC1)c1cccc(c1-2)C3=O. The van der Waals surface area contributed by atoms with Gasteiger partial charge in [0.25, 0.3) is 0 Å². The molecule has 178 valence electrons. The molecule has 7 rings (SSSR count). The van der Waals surface area contributed by atoms with Crippen LogP contribution in [0, 0.1) is 0 Å². The molecule has 0 N–H and O–H groups in total. The Balaban J connectivity index is 1.60. The minimum absolute atomic E-state index is 0.000266. The van der Waals surface area contributed by atoms with Gasteiger partial charge in [0.2, 0.25) is 11.4 Å². The highest BCUT2D eigenvalue weighted by Gasteiger charge is 2.51. The average Bonchev–Trinajstić information content (AvgIpc) is 3.12. The van der Waals surface area contributed by atoms with E-state index >= 15 is 0 Å². The van der Waals surface area contributed by atoms with Gasteiger partial charge >= 0.3 is 0 Å². The summed E-state index contributed by atoms with van der Waals surface area (Å²) in [5.74, 6) is 2.04. The van der Waals surface area contributed by atoms with Gasteiger partial charge in [-0.2, -0.15) is 0 Å². The fourth-order valence-electron chi connectivity index (χ4n) is 6.72. The largest absolute Gasteiger partial charge is 0.490 e. The van der Waals surface area contributed by atoms with Crippen molar-refractivity contribution in [3.05, 3.63) is 29.3 Å².